The molecule has 68 valence electrons. The Kier molecular flexibility index (Phi) is 16.3. The van der Waals surface area contributed by atoms with Gasteiger partial charge in [-0.1, -0.05) is 0 Å². The predicted octanol–water partition coefficient (Wildman–Crippen LogP) is -10.5. The fourth-order valence-electron chi connectivity index (χ4n) is 0.519. The number of guanidine groups is 1. The van der Waals surface area contributed by atoms with Crippen molar-refractivity contribution in [1.82, 2.24) is 0 Å². The van der Waals surface area contributed by atoms with E-state index in [9.17, 15) is 19.8 Å². The largest absolute Gasteiger partial charge is 1.00 e. The fourth-order valence-corrected chi connectivity index (χ4v) is 0.519. The summed E-state index contributed by atoms with van der Waals surface area (Å²) < 4.78 is 0. The van der Waals surface area contributed by atoms with Crippen LogP contribution in [0.3, 0.4) is 0 Å². The molecule has 0 radical (unpaired) electrons. The zero-order valence-corrected chi connectivity index (χ0v) is 14.3. The van der Waals surface area contributed by atoms with E-state index in [0.717, 1.165) is 0 Å². The van der Waals surface area contributed by atoms with Crippen molar-refractivity contribution in [3.8, 4) is 0 Å². The average Bonchev–Trinajstić information content (AvgIpc) is 1.83. The first-order valence-corrected chi connectivity index (χ1v) is 2.93. The molecular formula is C5H7K2N3O4. The number of carbonyl (C=O) groups excluding carboxylic acids is 2. The molecule has 0 aromatic rings. The maximum Gasteiger partial charge on any atom is 1.00 e. The number of carboxylic acid groups (broad SMARTS) is 2. The summed E-state index contributed by atoms with van der Waals surface area (Å²) in [6.07, 6.45) is -0.805. The first kappa shape index (κ1) is 20.8. The Morgan fingerprint density at radius 2 is 1.64 bits per heavy atom. The predicted molar refractivity (Wildman–Crippen MR) is 34.2 cm³/mol. The minimum Gasteiger partial charge on any atom is -0.550 e. The second-order valence-electron chi connectivity index (χ2n) is 1.96. The minimum atomic E-state index is -1.66. The SMILES string of the molecule is NC(N)=NC(CC(=O)[O-])C(=O)[O-].[K+].[K+]. The summed E-state index contributed by atoms with van der Waals surface area (Å²) in [7, 11) is 0. The topological polar surface area (TPSA) is 145 Å². The van der Waals surface area contributed by atoms with Gasteiger partial charge in [-0.15, -0.1) is 0 Å². The third kappa shape index (κ3) is 11.6. The molecule has 0 aromatic heterocycles. The molecule has 14 heavy (non-hydrogen) atoms. The first-order valence-electron chi connectivity index (χ1n) is 2.93. The van der Waals surface area contributed by atoms with E-state index in [1.54, 1.807) is 0 Å². The summed E-state index contributed by atoms with van der Waals surface area (Å²) >= 11 is 0. The Bertz CT molecular complexity index is 229. The number of rotatable bonds is 4. The fraction of sp³-hybridized carbons (Fsp3) is 0.400. The molecular weight excluding hydrogens is 244 g/mol. The quantitative estimate of drug-likeness (QED) is 0.288. The number of hydrogen-bond donors (Lipinski definition) is 2. The van der Waals surface area contributed by atoms with Crippen LogP contribution in [-0.4, -0.2) is 23.9 Å². The summed E-state index contributed by atoms with van der Waals surface area (Å²) in [5.74, 6) is -3.73. The molecule has 0 aromatic carbocycles. The molecule has 0 bridgehead atoms. The summed E-state index contributed by atoms with van der Waals surface area (Å²) in [4.78, 5) is 23.2. The molecule has 0 aliphatic carbocycles. The maximum absolute atomic E-state index is 10.2. The number of nitrogens with zero attached hydrogens (tertiary/aromatic N) is 1. The summed E-state index contributed by atoms with van der Waals surface area (Å²) in [5, 5.41) is 20.1. The number of carboxylic acids is 2. The second-order valence-corrected chi connectivity index (χ2v) is 1.96. The maximum atomic E-state index is 10.2. The van der Waals surface area contributed by atoms with Crippen molar-refractivity contribution in [2.24, 2.45) is 16.5 Å². The van der Waals surface area contributed by atoms with Crippen LogP contribution in [0.2, 0.25) is 0 Å². The smallest absolute Gasteiger partial charge is 0.550 e. The van der Waals surface area contributed by atoms with E-state index in [2.05, 4.69) is 4.99 Å². The second kappa shape index (κ2) is 11.0. The van der Waals surface area contributed by atoms with E-state index in [0.29, 0.717) is 0 Å². The number of carbonyl (C=O) groups is 2. The van der Waals surface area contributed by atoms with Crippen LogP contribution in [0, 0.1) is 0 Å². The Morgan fingerprint density at radius 3 is 1.86 bits per heavy atom. The van der Waals surface area contributed by atoms with Gasteiger partial charge in [0.05, 0.1) is 12.0 Å². The molecule has 9 heteroatoms. The van der Waals surface area contributed by atoms with Gasteiger partial charge in [0.2, 0.25) is 0 Å². The molecule has 1 unspecified atom stereocenters. The Balaban J connectivity index is -0.000000605. The molecule has 0 rings (SSSR count). The van der Waals surface area contributed by atoms with Gasteiger partial charge in [-0.05, 0) is 0 Å². The van der Waals surface area contributed by atoms with E-state index >= 15 is 0 Å². The molecule has 0 saturated carbocycles. The van der Waals surface area contributed by atoms with E-state index in [1.165, 1.54) is 0 Å². The zero-order valence-electron chi connectivity index (χ0n) is 8.02. The molecule has 4 N–H and O–H groups in total. The van der Waals surface area contributed by atoms with Gasteiger partial charge in [0.15, 0.2) is 5.96 Å². The van der Waals surface area contributed by atoms with E-state index in [4.69, 9.17) is 11.5 Å². The van der Waals surface area contributed by atoms with Gasteiger partial charge >= 0.3 is 103 Å². The van der Waals surface area contributed by atoms with Crippen molar-refractivity contribution < 1.29 is 123 Å². The molecule has 0 aliphatic rings. The zero-order chi connectivity index (χ0) is 9.72. The number of nitrogens with two attached hydrogens (primary N) is 2. The van der Waals surface area contributed by atoms with Crippen molar-refractivity contribution in [3.05, 3.63) is 0 Å². The molecule has 0 amide bonds. The molecule has 7 nitrogen and oxygen atoms in total. The van der Waals surface area contributed by atoms with Crippen LogP contribution in [0.1, 0.15) is 6.42 Å². The normalized spacial score (nSPS) is 10.0. The summed E-state index contributed by atoms with van der Waals surface area (Å²) in [6, 6.07) is -1.58. The third-order valence-corrected chi connectivity index (χ3v) is 0.937. The number of aliphatic carboxylic acids is 2. The van der Waals surface area contributed by atoms with Crippen LogP contribution < -0.4 is 124 Å². The van der Waals surface area contributed by atoms with Crippen LogP contribution >= 0.6 is 0 Å². The van der Waals surface area contributed by atoms with Gasteiger partial charge in [0.1, 0.15) is 0 Å². The molecule has 0 fully saturated rings. The number of aliphatic imine (C=N–C) groups is 1. The van der Waals surface area contributed by atoms with E-state index in [1.807, 2.05) is 0 Å². The van der Waals surface area contributed by atoms with Gasteiger partial charge in [-0.2, -0.15) is 0 Å². The van der Waals surface area contributed by atoms with Crippen molar-refractivity contribution >= 4 is 17.9 Å². The molecule has 0 saturated heterocycles. The molecule has 0 heterocycles. The summed E-state index contributed by atoms with van der Waals surface area (Å²) in [6.45, 7) is 0. The molecule has 0 spiro atoms. The van der Waals surface area contributed by atoms with Crippen LogP contribution in [0.25, 0.3) is 0 Å². The first-order chi connectivity index (χ1) is 5.43. The van der Waals surface area contributed by atoms with Crippen LogP contribution in [0.5, 0.6) is 0 Å². The van der Waals surface area contributed by atoms with Gasteiger partial charge in [-0.3, -0.25) is 0 Å². The van der Waals surface area contributed by atoms with Crippen molar-refractivity contribution in [1.29, 1.82) is 0 Å². The Morgan fingerprint density at radius 1 is 1.21 bits per heavy atom. The molecule has 0 aliphatic heterocycles. The van der Waals surface area contributed by atoms with Gasteiger partial charge in [0.25, 0.3) is 0 Å². The summed E-state index contributed by atoms with van der Waals surface area (Å²) in [5.41, 5.74) is 9.66. The standard InChI is InChI=1S/C5H9N3O4.2K/c6-5(7)8-2(4(11)12)1-3(9)10;;/h2H,1H2,(H,9,10)(H,11,12)(H4,6,7,8);;/q;2*+1/p-2. The van der Waals surface area contributed by atoms with Gasteiger partial charge < -0.3 is 31.3 Å². The number of hydrogen-bond acceptors (Lipinski definition) is 5. The third-order valence-electron chi connectivity index (χ3n) is 0.937. The minimum absolute atomic E-state index is 0. The van der Waals surface area contributed by atoms with Crippen molar-refractivity contribution in [3.63, 3.8) is 0 Å². The van der Waals surface area contributed by atoms with E-state index in [-0.39, 0.29) is 103 Å². The van der Waals surface area contributed by atoms with Crippen molar-refractivity contribution in [2.75, 3.05) is 0 Å². The Labute approximate surface area is 166 Å². The van der Waals surface area contributed by atoms with Crippen LogP contribution in [0.4, 0.5) is 0 Å². The van der Waals surface area contributed by atoms with Crippen LogP contribution in [-0.2, 0) is 9.59 Å². The average molecular weight is 251 g/mol. The monoisotopic (exact) mass is 251 g/mol. The van der Waals surface area contributed by atoms with Gasteiger partial charge in [0, 0.05) is 12.4 Å². The van der Waals surface area contributed by atoms with Crippen molar-refractivity contribution in [2.45, 2.75) is 12.5 Å². The van der Waals surface area contributed by atoms with E-state index < -0.39 is 30.4 Å². The Hall–Kier alpha value is 1.48. The van der Waals surface area contributed by atoms with Crippen LogP contribution in [0.15, 0.2) is 4.99 Å². The van der Waals surface area contributed by atoms with Gasteiger partial charge in [-0.25, -0.2) is 4.99 Å². The molecule has 1 atom stereocenters.